The first-order valence-electron chi connectivity index (χ1n) is 12.0. The van der Waals surface area contributed by atoms with Gasteiger partial charge in [0.2, 0.25) is 11.8 Å². The highest BCUT2D eigenvalue weighted by Gasteiger charge is 2.28. The van der Waals surface area contributed by atoms with Gasteiger partial charge in [-0.2, -0.15) is 0 Å². The Morgan fingerprint density at radius 3 is 2.17 bits per heavy atom. The highest BCUT2D eigenvalue weighted by molar-refractivity contribution is 5.98. The first-order valence-corrected chi connectivity index (χ1v) is 12.0. The fraction of sp³-hybridized carbons (Fsp3) is 0.241. The molecule has 1 amide bonds. The Labute approximate surface area is 209 Å². The third-order valence-corrected chi connectivity index (χ3v) is 6.71. The zero-order valence-corrected chi connectivity index (χ0v) is 20.3. The largest absolute Gasteiger partial charge is 0.497 e. The van der Waals surface area contributed by atoms with E-state index in [9.17, 15) is 9.59 Å². The molecule has 0 spiro atoms. The molecule has 0 atom stereocenters. The van der Waals surface area contributed by atoms with Crippen LogP contribution in [0.3, 0.4) is 0 Å². The third kappa shape index (κ3) is 4.77. The first kappa shape index (κ1) is 23.5. The van der Waals surface area contributed by atoms with Gasteiger partial charge in [-0.15, -0.1) is 10.2 Å². The Morgan fingerprint density at radius 2 is 1.50 bits per heavy atom. The maximum atomic E-state index is 13.1. The summed E-state index contributed by atoms with van der Waals surface area (Å²) in [6.07, 6.45) is 1.30. The van der Waals surface area contributed by atoms with E-state index >= 15 is 0 Å². The highest BCUT2D eigenvalue weighted by Crippen LogP contribution is 2.27. The molecule has 1 saturated heterocycles. The van der Waals surface area contributed by atoms with Crippen LogP contribution >= 0.6 is 0 Å². The molecule has 0 N–H and O–H groups in total. The summed E-state index contributed by atoms with van der Waals surface area (Å²) >= 11 is 0. The van der Waals surface area contributed by atoms with Crippen molar-refractivity contribution in [1.29, 1.82) is 0 Å². The van der Waals surface area contributed by atoms with E-state index in [2.05, 4.69) is 10.2 Å². The number of hydrogen-bond donors (Lipinski definition) is 0. The number of aryl methyl sites for hydroxylation is 1. The van der Waals surface area contributed by atoms with E-state index in [0.717, 1.165) is 22.4 Å². The van der Waals surface area contributed by atoms with E-state index in [-0.39, 0.29) is 17.6 Å². The average Bonchev–Trinajstić information content (AvgIpc) is 3.43. The molecule has 5 rings (SSSR count). The molecule has 36 heavy (non-hydrogen) atoms. The molecule has 0 bridgehead atoms. The zero-order chi connectivity index (χ0) is 25.1. The molecule has 0 aliphatic carbocycles. The van der Waals surface area contributed by atoms with Gasteiger partial charge in [0, 0.05) is 41.3 Å². The summed E-state index contributed by atoms with van der Waals surface area (Å²) in [5.41, 5.74) is 3.99. The van der Waals surface area contributed by atoms with Gasteiger partial charge >= 0.3 is 0 Å². The lowest BCUT2D eigenvalue weighted by atomic mass is 9.88. The monoisotopic (exact) mass is 481 g/mol. The number of piperidine rings is 1. The number of methoxy groups -OCH3 is 1. The van der Waals surface area contributed by atoms with Gasteiger partial charge in [-0.1, -0.05) is 18.2 Å². The van der Waals surface area contributed by atoms with Crippen molar-refractivity contribution in [3.63, 3.8) is 0 Å². The zero-order valence-electron chi connectivity index (χ0n) is 20.3. The summed E-state index contributed by atoms with van der Waals surface area (Å²) in [6, 6.07) is 22.2. The molecule has 1 aliphatic rings. The van der Waals surface area contributed by atoms with Gasteiger partial charge in [0.15, 0.2) is 5.78 Å². The number of benzene rings is 3. The predicted molar refractivity (Wildman–Crippen MR) is 136 cm³/mol. The molecule has 0 saturated carbocycles. The molecule has 1 aliphatic heterocycles. The third-order valence-electron chi connectivity index (χ3n) is 6.71. The predicted octanol–water partition coefficient (Wildman–Crippen LogP) is 5.46. The molecular formula is C29H27N3O4. The second-order valence-corrected chi connectivity index (χ2v) is 8.96. The van der Waals surface area contributed by atoms with E-state index in [1.54, 1.807) is 43.5 Å². The summed E-state index contributed by atoms with van der Waals surface area (Å²) in [7, 11) is 1.60. The molecule has 7 nitrogen and oxygen atoms in total. The highest BCUT2D eigenvalue weighted by atomic mass is 16.5. The van der Waals surface area contributed by atoms with E-state index in [1.165, 1.54) is 0 Å². The standard InChI is InChI=1S/C29H27N3O4/c1-19-5-3-4-6-25(19)28-31-30-27(36-28)22-7-9-23(10-8-22)29(34)32-17-15-21(16-18-32)26(33)20-11-13-24(35-2)14-12-20/h3-14,21H,15-18H2,1-2H3. The smallest absolute Gasteiger partial charge is 0.253 e. The summed E-state index contributed by atoms with van der Waals surface area (Å²) in [5.74, 6) is 1.61. The number of likely N-dealkylation sites (tertiary alicyclic amines) is 1. The minimum atomic E-state index is -0.0789. The Kier molecular flexibility index (Phi) is 6.62. The molecular weight excluding hydrogens is 454 g/mol. The fourth-order valence-electron chi connectivity index (χ4n) is 4.54. The van der Waals surface area contributed by atoms with Crippen LogP contribution in [0.25, 0.3) is 22.9 Å². The normalized spacial score (nSPS) is 14.0. The number of amides is 1. The van der Waals surface area contributed by atoms with Crippen molar-refractivity contribution in [2.24, 2.45) is 5.92 Å². The van der Waals surface area contributed by atoms with Gasteiger partial charge in [-0.05, 0) is 79.9 Å². The number of rotatable bonds is 6. The SMILES string of the molecule is COc1ccc(C(=O)C2CCN(C(=O)c3ccc(-c4nnc(-c5ccccc5C)o4)cc3)CC2)cc1. The number of ether oxygens (including phenoxy) is 1. The number of carbonyl (C=O) groups is 2. The van der Waals surface area contributed by atoms with Crippen molar-refractivity contribution in [2.75, 3.05) is 20.2 Å². The Hall–Kier alpha value is -4.26. The summed E-state index contributed by atoms with van der Waals surface area (Å²) in [6.45, 7) is 3.10. The van der Waals surface area contributed by atoms with Crippen LogP contribution in [0.1, 0.15) is 39.1 Å². The van der Waals surface area contributed by atoms with Gasteiger partial charge in [0.25, 0.3) is 5.91 Å². The first-order chi connectivity index (χ1) is 17.5. The van der Waals surface area contributed by atoms with Gasteiger partial charge in [-0.3, -0.25) is 9.59 Å². The lowest BCUT2D eigenvalue weighted by Gasteiger charge is -2.31. The van der Waals surface area contributed by atoms with Crippen LogP contribution < -0.4 is 4.74 Å². The number of Topliss-reactive ketones (excluding diaryl/α,β-unsaturated/α-hetero) is 1. The van der Waals surface area contributed by atoms with Gasteiger partial charge in [-0.25, -0.2) is 0 Å². The lowest BCUT2D eigenvalue weighted by Crippen LogP contribution is -2.40. The average molecular weight is 482 g/mol. The lowest BCUT2D eigenvalue weighted by molar-refractivity contribution is 0.0650. The number of aromatic nitrogens is 2. The van der Waals surface area contributed by atoms with Crippen LogP contribution in [0.15, 0.2) is 77.2 Å². The van der Waals surface area contributed by atoms with Gasteiger partial charge in [0.05, 0.1) is 7.11 Å². The maximum Gasteiger partial charge on any atom is 0.253 e. The summed E-state index contributed by atoms with van der Waals surface area (Å²) < 4.78 is 11.0. The van der Waals surface area contributed by atoms with Crippen molar-refractivity contribution >= 4 is 11.7 Å². The van der Waals surface area contributed by atoms with Gasteiger partial charge in [0.1, 0.15) is 5.75 Å². The van der Waals surface area contributed by atoms with Crippen molar-refractivity contribution in [2.45, 2.75) is 19.8 Å². The van der Waals surface area contributed by atoms with Crippen molar-refractivity contribution in [3.8, 4) is 28.7 Å². The second kappa shape index (κ2) is 10.2. The quantitative estimate of drug-likeness (QED) is 0.340. The number of ketones is 1. The molecule has 0 radical (unpaired) electrons. The van der Waals surface area contributed by atoms with Crippen LogP contribution in [0.5, 0.6) is 5.75 Å². The molecule has 3 aromatic carbocycles. The molecule has 0 unspecified atom stereocenters. The van der Waals surface area contributed by atoms with Crippen LogP contribution in [0.4, 0.5) is 0 Å². The number of nitrogens with zero attached hydrogens (tertiary/aromatic N) is 3. The van der Waals surface area contributed by atoms with Crippen LogP contribution in [-0.2, 0) is 0 Å². The summed E-state index contributed by atoms with van der Waals surface area (Å²) in [4.78, 5) is 27.7. The van der Waals surface area contributed by atoms with E-state index in [0.29, 0.717) is 48.8 Å². The fourth-order valence-corrected chi connectivity index (χ4v) is 4.54. The molecule has 4 aromatic rings. The molecule has 2 heterocycles. The van der Waals surface area contributed by atoms with Crippen LogP contribution in [-0.4, -0.2) is 47.0 Å². The Morgan fingerprint density at radius 1 is 0.861 bits per heavy atom. The second-order valence-electron chi connectivity index (χ2n) is 8.96. The van der Waals surface area contributed by atoms with E-state index in [1.807, 2.05) is 48.2 Å². The number of hydrogen-bond acceptors (Lipinski definition) is 6. The van der Waals surface area contributed by atoms with E-state index < -0.39 is 0 Å². The Bertz CT molecular complexity index is 1370. The van der Waals surface area contributed by atoms with Gasteiger partial charge < -0.3 is 14.1 Å². The molecule has 1 fully saturated rings. The molecule has 1 aromatic heterocycles. The van der Waals surface area contributed by atoms with Crippen molar-refractivity contribution in [3.05, 3.63) is 89.5 Å². The van der Waals surface area contributed by atoms with Crippen molar-refractivity contribution < 1.29 is 18.7 Å². The molecule has 182 valence electrons. The molecule has 7 heteroatoms. The topological polar surface area (TPSA) is 85.5 Å². The van der Waals surface area contributed by atoms with Crippen LogP contribution in [0.2, 0.25) is 0 Å². The number of carbonyl (C=O) groups excluding carboxylic acids is 2. The van der Waals surface area contributed by atoms with Crippen molar-refractivity contribution in [1.82, 2.24) is 15.1 Å². The minimum Gasteiger partial charge on any atom is -0.497 e. The minimum absolute atomic E-state index is 0.0389. The maximum absolute atomic E-state index is 13.1. The van der Waals surface area contributed by atoms with E-state index in [4.69, 9.17) is 9.15 Å². The Balaban J connectivity index is 1.21. The summed E-state index contributed by atoms with van der Waals surface area (Å²) in [5, 5.41) is 8.36. The van der Waals surface area contributed by atoms with Crippen LogP contribution in [0, 0.1) is 12.8 Å².